The molecule has 0 aliphatic heterocycles. The van der Waals surface area contributed by atoms with Crippen LogP contribution in [0.4, 0.5) is 0 Å². The number of carbonyl (C=O) groups is 1. The Kier molecular flexibility index (Phi) is 6.29. The van der Waals surface area contributed by atoms with Crippen molar-refractivity contribution in [1.29, 1.82) is 0 Å². The smallest absolute Gasteiger partial charge is 0.320 e. The third-order valence-electron chi connectivity index (χ3n) is 2.39. The third kappa shape index (κ3) is 6.04. The van der Waals surface area contributed by atoms with Gasteiger partial charge in [0.15, 0.2) is 0 Å². The number of likely N-dealkylation sites (N-methyl/N-ethyl adjacent to an activating group) is 2. The van der Waals surface area contributed by atoms with Crippen molar-refractivity contribution in [3.63, 3.8) is 0 Å². The van der Waals surface area contributed by atoms with Crippen molar-refractivity contribution in [3.8, 4) is 0 Å². The van der Waals surface area contributed by atoms with E-state index in [2.05, 4.69) is 5.32 Å². The molecular formula is C13H20N2O2. The van der Waals surface area contributed by atoms with E-state index in [1.807, 2.05) is 49.3 Å². The quantitative estimate of drug-likeness (QED) is 0.714. The lowest BCUT2D eigenvalue weighted by Crippen LogP contribution is -2.32. The Labute approximate surface area is 103 Å². The van der Waals surface area contributed by atoms with Gasteiger partial charge in [-0.1, -0.05) is 30.3 Å². The molecule has 0 bridgehead atoms. The molecule has 1 N–H and O–H groups in total. The molecule has 17 heavy (non-hydrogen) atoms. The minimum atomic E-state index is -0.188. The standard InChI is InChI=1S/C13H20N2O2/c1-14-8-9-15(2)10-13(16)17-11-12-6-4-3-5-7-12/h3-7,14H,8-11H2,1-2H3. The molecule has 0 aromatic heterocycles. The summed E-state index contributed by atoms with van der Waals surface area (Å²) in [4.78, 5) is 13.4. The molecule has 0 saturated carbocycles. The highest BCUT2D eigenvalue weighted by atomic mass is 16.5. The number of esters is 1. The van der Waals surface area contributed by atoms with E-state index in [-0.39, 0.29) is 5.97 Å². The van der Waals surface area contributed by atoms with Crippen molar-refractivity contribution in [1.82, 2.24) is 10.2 Å². The van der Waals surface area contributed by atoms with Gasteiger partial charge in [0.1, 0.15) is 6.61 Å². The highest BCUT2D eigenvalue weighted by molar-refractivity contribution is 5.71. The average Bonchev–Trinajstić information content (AvgIpc) is 2.35. The monoisotopic (exact) mass is 236 g/mol. The topological polar surface area (TPSA) is 41.6 Å². The van der Waals surface area contributed by atoms with E-state index in [1.54, 1.807) is 0 Å². The summed E-state index contributed by atoms with van der Waals surface area (Å²) in [7, 11) is 3.79. The molecule has 0 fully saturated rings. The first kappa shape index (κ1) is 13.7. The van der Waals surface area contributed by atoms with E-state index in [0.29, 0.717) is 13.2 Å². The number of ether oxygens (including phenoxy) is 1. The number of nitrogens with zero attached hydrogens (tertiary/aromatic N) is 1. The second kappa shape index (κ2) is 7.81. The highest BCUT2D eigenvalue weighted by Gasteiger charge is 2.07. The van der Waals surface area contributed by atoms with E-state index >= 15 is 0 Å². The van der Waals surface area contributed by atoms with Crippen LogP contribution in [0.15, 0.2) is 30.3 Å². The maximum absolute atomic E-state index is 11.5. The van der Waals surface area contributed by atoms with E-state index in [0.717, 1.165) is 18.7 Å². The molecule has 1 aromatic rings. The summed E-state index contributed by atoms with van der Waals surface area (Å²) in [6, 6.07) is 9.69. The zero-order valence-corrected chi connectivity index (χ0v) is 10.5. The lowest BCUT2D eigenvalue weighted by atomic mass is 10.2. The van der Waals surface area contributed by atoms with Gasteiger partial charge in [0, 0.05) is 13.1 Å². The van der Waals surface area contributed by atoms with Crippen molar-refractivity contribution >= 4 is 5.97 Å². The molecule has 0 aliphatic carbocycles. The summed E-state index contributed by atoms with van der Waals surface area (Å²) in [6.07, 6.45) is 0. The van der Waals surface area contributed by atoms with Crippen molar-refractivity contribution in [2.45, 2.75) is 6.61 Å². The zero-order valence-electron chi connectivity index (χ0n) is 10.5. The number of benzene rings is 1. The van der Waals surface area contributed by atoms with Gasteiger partial charge in [-0.3, -0.25) is 9.69 Å². The first-order chi connectivity index (χ1) is 8.22. The van der Waals surface area contributed by atoms with Gasteiger partial charge in [-0.15, -0.1) is 0 Å². The van der Waals surface area contributed by atoms with Crippen molar-refractivity contribution in [3.05, 3.63) is 35.9 Å². The van der Waals surface area contributed by atoms with Crippen LogP contribution in [0.3, 0.4) is 0 Å². The minimum absolute atomic E-state index is 0.188. The van der Waals surface area contributed by atoms with Gasteiger partial charge < -0.3 is 10.1 Å². The highest BCUT2D eigenvalue weighted by Crippen LogP contribution is 2.00. The summed E-state index contributed by atoms with van der Waals surface area (Å²) in [5.74, 6) is -0.188. The Morgan fingerprint density at radius 2 is 2.06 bits per heavy atom. The van der Waals surface area contributed by atoms with Gasteiger partial charge in [-0.2, -0.15) is 0 Å². The molecule has 1 rings (SSSR count). The van der Waals surface area contributed by atoms with E-state index in [1.165, 1.54) is 0 Å². The number of carbonyl (C=O) groups excluding carboxylic acids is 1. The van der Waals surface area contributed by atoms with Crippen LogP contribution in [0.25, 0.3) is 0 Å². The number of rotatable bonds is 7. The number of hydrogen-bond acceptors (Lipinski definition) is 4. The molecule has 0 amide bonds. The fourth-order valence-electron chi connectivity index (χ4n) is 1.39. The summed E-state index contributed by atoms with van der Waals surface area (Å²) in [5.41, 5.74) is 1.01. The summed E-state index contributed by atoms with van der Waals surface area (Å²) in [5, 5.41) is 3.04. The number of nitrogens with one attached hydrogen (secondary N) is 1. The zero-order chi connectivity index (χ0) is 12.5. The van der Waals surface area contributed by atoms with Gasteiger partial charge >= 0.3 is 5.97 Å². The van der Waals surface area contributed by atoms with E-state index in [9.17, 15) is 4.79 Å². The molecule has 4 nitrogen and oxygen atoms in total. The summed E-state index contributed by atoms with van der Waals surface area (Å²) >= 11 is 0. The number of hydrogen-bond donors (Lipinski definition) is 1. The Bertz CT molecular complexity index is 327. The molecule has 0 heterocycles. The van der Waals surface area contributed by atoms with Gasteiger partial charge in [0.25, 0.3) is 0 Å². The van der Waals surface area contributed by atoms with Gasteiger partial charge in [-0.25, -0.2) is 0 Å². The Balaban J connectivity index is 2.21. The van der Waals surface area contributed by atoms with Crippen LogP contribution in [0.5, 0.6) is 0 Å². The molecule has 0 aliphatic rings. The predicted octanol–water partition coefficient (Wildman–Crippen LogP) is 0.881. The van der Waals surface area contributed by atoms with Crippen LogP contribution >= 0.6 is 0 Å². The molecule has 0 unspecified atom stereocenters. The fraction of sp³-hybridized carbons (Fsp3) is 0.462. The van der Waals surface area contributed by atoms with Crippen LogP contribution in [0.2, 0.25) is 0 Å². The second-order valence-corrected chi connectivity index (χ2v) is 3.99. The second-order valence-electron chi connectivity index (χ2n) is 3.99. The fourth-order valence-corrected chi connectivity index (χ4v) is 1.39. The van der Waals surface area contributed by atoms with Crippen LogP contribution in [-0.2, 0) is 16.1 Å². The Morgan fingerprint density at radius 3 is 2.71 bits per heavy atom. The van der Waals surface area contributed by atoms with Crippen molar-refractivity contribution < 1.29 is 9.53 Å². The molecule has 4 heteroatoms. The molecule has 0 atom stereocenters. The molecule has 0 spiro atoms. The van der Waals surface area contributed by atoms with Gasteiger partial charge in [0.2, 0.25) is 0 Å². The van der Waals surface area contributed by atoms with Gasteiger partial charge in [-0.05, 0) is 19.7 Å². The first-order valence-corrected chi connectivity index (χ1v) is 5.75. The van der Waals surface area contributed by atoms with Crippen LogP contribution in [0.1, 0.15) is 5.56 Å². The Morgan fingerprint density at radius 1 is 1.35 bits per heavy atom. The molecule has 0 saturated heterocycles. The van der Waals surface area contributed by atoms with Crippen molar-refractivity contribution in [2.24, 2.45) is 0 Å². The largest absolute Gasteiger partial charge is 0.460 e. The van der Waals surface area contributed by atoms with Gasteiger partial charge in [0.05, 0.1) is 6.54 Å². The van der Waals surface area contributed by atoms with E-state index < -0.39 is 0 Å². The Hall–Kier alpha value is -1.39. The van der Waals surface area contributed by atoms with E-state index in [4.69, 9.17) is 4.74 Å². The lowest BCUT2D eigenvalue weighted by molar-refractivity contribution is -0.145. The lowest BCUT2D eigenvalue weighted by Gasteiger charge is -2.15. The molecule has 94 valence electrons. The van der Waals surface area contributed by atoms with Crippen LogP contribution in [-0.4, -0.2) is 44.6 Å². The average molecular weight is 236 g/mol. The summed E-state index contributed by atoms with van der Waals surface area (Å²) < 4.78 is 5.18. The SMILES string of the molecule is CNCCN(C)CC(=O)OCc1ccccc1. The minimum Gasteiger partial charge on any atom is -0.460 e. The van der Waals surface area contributed by atoms with Crippen LogP contribution in [0, 0.1) is 0 Å². The first-order valence-electron chi connectivity index (χ1n) is 5.75. The molecule has 1 aromatic carbocycles. The molecule has 0 radical (unpaired) electrons. The maximum atomic E-state index is 11.5. The predicted molar refractivity (Wildman–Crippen MR) is 67.7 cm³/mol. The van der Waals surface area contributed by atoms with Crippen molar-refractivity contribution in [2.75, 3.05) is 33.7 Å². The summed E-state index contributed by atoms with van der Waals surface area (Å²) in [6.45, 7) is 2.37. The molecular weight excluding hydrogens is 216 g/mol. The van der Waals surface area contributed by atoms with Crippen LogP contribution < -0.4 is 5.32 Å². The third-order valence-corrected chi connectivity index (χ3v) is 2.39. The maximum Gasteiger partial charge on any atom is 0.320 e. The normalized spacial score (nSPS) is 10.5.